The highest BCUT2D eigenvalue weighted by molar-refractivity contribution is 7.97. The van der Waals surface area contributed by atoms with E-state index in [4.69, 9.17) is 9.47 Å². The van der Waals surface area contributed by atoms with Crippen molar-refractivity contribution in [1.82, 2.24) is 0 Å². The summed E-state index contributed by atoms with van der Waals surface area (Å²) in [6.07, 6.45) is 6.40. The molecule has 4 aliphatic carbocycles. The van der Waals surface area contributed by atoms with Crippen molar-refractivity contribution in [2.75, 3.05) is 0 Å². The van der Waals surface area contributed by atoms with Gasteiger partial charge in [-0.15, -0.1) is 0 Å². The fourth-order valence-electron chi connectivity index (χ4n) is 6.92. The van der Waals surface area contributed by atoms with Gasteiger partial charge in [-0.05, 0) is 92.2 Å². The van der Waals surface area contributed by atoms with Gasteiger partial charge in [0, 0.05) is 12.0 Å². The topological polar surface area (TPSA) is 18.5 Å². The van der Waals surface area contributed by atoms with Crippen LogP contribution in [0.2, 0.25) is 0 Å². The van der Waals surface area contributed by atoms with Crippen molar-refractivity contribution < 1.29 is 13.9 Å². The van der Waals surface area contributed by atoms with Gasteiger partial charge in [0.15, 0.2) is 26.3 Å². The molecule has 4 bridgehead atoms. The minimum absolute atomic E-state index is 0.131. The Balaban J connectivity index is 1.28. The van der Waals surface area contributed by atoms with Crippen LogP contribution in [0.4, 0.5) is 4.39 Å². The first-order valence-corrected chi connectivity index (χ1v) is 14.7. The summed E-state index contributed by atoms with van der Waals surface area (Å²) in [4.78, 5) is 3.44. The van der Waals surface area contributed by atoms with Crippen molar-refractivity contribution in [3.8, 4) is 5.75 Å². The molecule has 7 rings (SSSR count). The maximum Gasteiger partial charge on any atom is 0.202 e. The molecule has 0 spiro atoms. The smallest absolute Gasteiger partial charge is 0.202 e. The molecule has 2 nitrogen and oxygen atoms in total. The molecule has 1 atom stereocenters. The van der Waals surface area contributed by atoms with E-state index in [9.17, 15) is 0 Å². The van der Waals surface area contributed by atoms with Gasteiger partial charge in [0.1, 0.15) is 0 Å². The van der Waals surface area contributed by atoms with Crippen LogP contribution in [0.15, 0.2) is 93.5 Å². The molecule has 0 amide bonds. The third kappa shape index (κ3) is 4.82. The Morgan fingerprint density at radius 1 is 0.722 bits per heavy atom. The van der Waals surface area contributed by atoms with E-state index in [1.165, 1.54) is 41.9 Å². The Labute approximate surface area is 217 Å². The number of rotatable bonds is 8. The summed E-state index contributed by atoms with van der Waals surface area (Å²) in [6.45, 7) is 4.22. The molecule has 36 heavy (non-hydrogen) atoms. The summed E-state index contributed by atoms with van der Waals surface area (Å²) in [5.41, 5.74) is 0. The molecule has 0 saturated heterocycles. The number of ether oxygens (including phenoxy) is 2. The Bertz CT molecular complexity index is 1100. The summed E-state index contributed by atoms with van der Waals surface area (Å²) >= 11 is 0. The molecule has 3 aromatic carbocycles. The molecule has 0 N–H and O–H groups in total. The fraction of sp³-hybridized carbons (Fsp3) is 0.438. The van der Waals surface area contributed by atoms with Crippen molar-refractivity contribution in [3.05, 3.63) is 84.7 Å². The average Bonchev–Trinajstić information content (AvgIpc) is 2.88. The van der Waals surface area contributed by atoms with Gasteiger partial charge in [0.2, 0.25) is 6.29 Å². The summed E-state index contributed by atoms with van der Waals surface area (Å²) in [5.74, 6) is 3.17. The highest BCUT2D eigenvalue weighted by atomic mass is 32.2. The van der Waals surface area contributed by atoms with Gasteiger partial charge in [0.05, 0.1) is 17.0 Å². The molecule has 4 saturated carbocycles. The van der Waals surface area contributed by atoms with Crippen LogP contribution in [0.5, 0.6) is 5.75 Å². The molecule has 3 aromatic rings. The zero-order valence-electron chi connectivity index (χ0n) is 21.2. The number of hydrogen-bond acceptors (Lipinski definition) is 2. The summed E-state index contributed by atoms with van der Waals surface area (Å²) in [6, 6.07) is 26.2. The largest absolute Gasteiger partial charge is 0.461 e. The minimum Gasteiger partial charge on any atom is -0.461 e. The van der Waals surface area contributed by atoms with Gasteiger partial charge in [-0.3, -0.25) is 0 Å². The second-order valence-corrected chi connectivity index (χ2v) is 13.3. The van der Waals surface area contributed by atoms with E-state index in [2.05, 4.69) is 62.4 Å². The van der Waals surface area contributed by atoms with Crippen LogP contribution >= 0.6 is 0 Å². The lowest BCUT2D eigenvalue weighted by Crippen LogP contribution is -2.51. The molecule has 188 valence electrons. The summed E-state index contributed by atoms with van der Waals surface area (Å²) in [5, 5.41) is 0. The van der Waals surface area contributed by atoms with Gasteiger partial charge >= 0.3 is 0 Å². The summed E-state index contributed by atoms with van der Waals surface area (Å²) < 4.78 is 28.3. The molecule has 0 aliphatic heterocycles. The van der Waals surface area contributed by atoms with Crippen LogP contribution in [0.25, 0.3) is 0 Å². The Hall–Kier alpha value is -2.30. The monoisotopic (exact) mass is 503 g/mol. The van der Waals surface area contributed by atoms with Gasteiger partial charge in [-0.2, -0.15) is 0 Å². The fourth-order valence-corrected chi connectivity index (χ4v) is 9.02. The van der Waals surface area contributed by atoms with Gasteiger partial charge in [-0.25, -0.2) is 4.39 Å². The normalized spacial score (nSPS) is 27.5. The van der Waals surface area contributed by atoms with Crippen LogP contribution in [0.1, 0.15) is 46.0 Å². The summed E-state index contributed by atoms with van der Waals surface area (Å²) in [7, 11) is -0.355. The molecular formula is C32H36FO2S+. The second kappa shape index (κ2) is 10.2. The van der Waals surface area contributed by atoms with Crippen LogP contribution in [-0.4, -0.2) is 12.4 Å². The lowest BCUT2D eigenvalue weighted by Gasteiger charge is -2.54. The molecule has 1 unspecified atom stereocenters. The number of hydrogen-bond donors (Lipinski definition) is 0. The SMILES string of the molecule is CC(C)C(Oc1cc([S+](c2ccccc2)c2ccccc2)ccc1F)OC1C2CC3CC(C2)CC1C3. The molecule has 4 fully saturated rings. The third-order valence-corrected chi connectivity index (χ3v) is 10.5. The van der Waals surface area contributed by atoms with Crippen LogP contribution in [0, 0.1) is 35.4 Å². The van der Waals surface area contributed by atoms with Crippen LogP contribution in [0.3, 0.4) is 0 Å². The molecule has 0 heterocycles. The van der Waals surface area contributed by atoms with Crippen molar-refractivity contribution in [2.24, 2.45) is 29.6 Å². The molecule has 0 radical (unpaired) electrons. The predicted octanol–water partition coefficient (Wildman–Crippen LogP) is 8.12. The predicted molar refractivity (Wildman–Crippen MR) is 143 cm³/mol. The lowest BCUT2D eigenvalue weighted by molar-refractivity contribution is -0.211. The van der Waals surface area contributed by atoms with E-state index in [0.29, 0.717) is 17.6 Å². The standard InChI is InChI=1S/C32H36FO2S/c1-21(2)32(35-31-24-16-22-15-23(18-24)19-25(31)17-22)34-30-20-28(13-14-29(30)33)36(26-9-5-3-6-10-26)27-11-7-4-8-12-27/h3-14,20-25,31-32H,15-19H2,1-2H3/q+1. The Morgan fingerprint density at radius 3 is 1.81 bits per heavy atom. The number of halogens is 1. The maximum absolute atomic E-state index is 15.2. The zero-order chi connectivity index (χ0) is 24.6. The van der Waals surface area contributed by atoms with E-state index in [1.54, 1.807) is 6.07 Å². The average molecular weight is 504 g/mol. The van der Waals surface area contributed by atoms with Gasteiger partial charge in [0.25, 0.3) is 0 Å². The first-order chi connectivity index (χ1) is 17.5. The Morgan fingerprint density at radius 2 is 1.28 bits per heavy atom. The van der Waals surface area contributed by atoms with Crippen molar-refractivity contribution in [1.29, 1.82) is 0 Å². The second-order valence-electron chi connectivity index (χ2n) is 11.3. The Kier molecular flexibility index (Phi) is 6.83. The van der Waals surface area contributed by atoms with E-state index >= 15 is 4.39 Å². The minimum atomic E-state index is -0.451. The first-order valence-electron chi connectivity index (χ1n) is 13.5. The van der Waals surface area contributed by atoms with Crippen molar-refractivity contribution in [3.63, 3.8) is 0 Å². The van der Waals surface area contributed by atoms with Crippen molar-refractivity contribution in [2.45, 2.75) is 73.0 Å². The zero-order valence-corrected chi connectivity index (χ0v) is 22.0. The highest BCUT2D eigenvalue weighted by Gasteiger charge is 2.49. The maximum atomic E-state index is 15.2. The molecule has 4 heteroatoms. The number of benzene rings is 3. The van der Waals surface area contributed by atoms with Crippen LogP contribution < -0.4 is 4.74 Å². The molecule has 4 aliphatic rings. The third-order valence-electron chi connectivity index (χ3n) is 8.32. The van der Waals surface area contributed by atoms with Crippen LogP contribution in [-0.2, 0) is 15.6 Å². The van der Waals surface area contributed by atoms with Crippen molar-refractivity contribution >= 4 is 10.9 Å². The lowest BCUT2D eigenvalue weighted by atomic mass is 9.55. The van der Waals surface area contributed by atoms with E-state index in [0.717, 1.165) is 16.7 Å². The van der Waals surface area contributed by atoms with Gasteiger partial charge in [-0.1, -0.05) is 50.2 Å². The first kappa shape index (κ1) is 24.1. The van der Waals surface area contributed by atoms with E-state index in [1.807, 2.05) is 24.3 Å². The van der Waals surface area contributed by atoms with E-state index < -0.39 is 6.29 Å². The van der Waals surface area contributed by atoms with Gasteiger partial charge < -0.3 is 9.47 Å². The molecule has 0 aromatic heterocycles. The van der Waals surface area contributed by atoms with E-state index in [-0.39, 0.29) is 28.7 Å². The highest BCUT2D eigenvalue weighted by Crippen LogP contribution is 2.55. The quantitative estimate of drug-likeness (QED) is 0.228. The molecular weight excluding hydrogens is 467 g/mol.